The normalized spacial score (nSPS) is 17.3. The summed E-state index contributed by atoms with van der Waals surface area (Å²) < 4.78 is 16.5. The van der Waals surface area contributed by atoms with Crippen molar-refractivity contribution in [3.8, 4) is 11.5 Å². The van der Waals surface area contributed by atoms with Gasteiger partial charge in [-0.1, -0.05) is 0 Å². The lowest BCUT2D eigenvalue weighted by atomic mass is 10.1. The molecule has 1 atom stereocenters. The zero-order valence-electron chi connectivity index (χ0n) is 11.1. The van der Waals surface area contributed by atoms with E-state index in [-0.39, 0.29) is 0 Å². The number of hydrogen-bond donors (Lipinski definition) is 1. The standard InChI is InChI=1S/C14H21NO3/c1-3-16-7-4-8-17-11-5-6-12-13(15-2)10-18-14(12)9-11/h5-6,9,13,15H,3-4,7-8,10H2,1-2H3. The Balaban J connectivity index is 1.84. The van der Waals surface area contributed by atoms with E-state index < -0.39 is 0 Å². The van der Waals surface area contributed by atoms with Crippen LogP contribution in [-0.2, 0) is 4.74 Å². The number of hydrogen-bond acceptors (Lipinski definition) is 4. The minimum atomic E-state index is 0.298. The highest BCUT2D eigenvalue weighted by atomic mass is 16.5. The molecule has 0 saturated heterocycles. The second-order valence-corrected chi connectivity index (χ2v) is 4.25. The van der Waals surface area contributed by atoms with E-state index in [2.05, 4.69) is 11.4 Å². The molecule has 0 spiro atoms. The first-order valence-electron chi connectivity index (χ1n) is 6.49. The molecular formula is C14H21NO3. The van der Waals surface area contributed by atoms with Crippen molar-refractivity contribution in [1.82, 2.24) is 5.32 Å². The first-order valence-corrected chi connectivity index (χ1v) is 6.49. The largest absolute Gasteiger partial charge is 0.493 e. The maximum absolute atomic E-state index is 5.67. The van der Waals surface area contributed by atoms with E-state index in [4.69, 9.17) is 14.2 Å². The molecule has 1 aliphatic heterocycles. The number of benzene rings is 1. The van der Waals surface area contributed by atoms with Crippen molar-refractivity contribution in [3.05, 3.63) is 23.8 Å². The molecule has 1 heterocycles. The Hall–Kier alpha value is -1.26. The van der Waals surface area contributed by atoms with Crippen molar-refractivity contribution in [2.45, 2.75) is 19.4 Å². The second kappa shape index (κ2) is 6.61. The molecule has 0 amide bonds. The summed E-state index contributed by atoms with van der Waals surface area (Å²) in [7, 11) is 1.95. The number of nitrogens with one attached hydrogen (secondary N) is 1. The maximum Gasteiger partial charge on any atom is 0.127 e. The van der Waals surface area contributed by atoms with E-state index >= 15 is 0 Å². The highest BCUT2D eigenvalue weighted by Gasteiger charge is 2.22. The molecule has 0 radical (unpaired) electrons. The Labute approximate surface area is 108 Å². The Kier molecular flexibility index (Phi) is 4.84. The molecule has 0 aromatic heterocycles. The Morgan fingerprint density at radius 2 is 2.28 bits per heavy atom. The van der Waals surface area contributed by atoms with Crippen LogP contribution >= 0.6 is 0 Å². The van der Waals surface area contributed by atoms with Crippen LogP contribution in [0.3, 0.4) is 0 Å². The first kappa shape index (κ1) is 13.2. The topological polar surface area (TPSA) is 39.7 Å². The quantitative estimate of drug-likeness (QED) is 0.754. The van der Waals surface area contributed by atoms with E-state index in [1.54, 1.807) is 0 Å². The fraction of sp³-hybridized carbons (Fsp3) is 0.571. The molecule has 4 heteroatoms. The van der Waals surface area contributed by atoms with Crippen molar-refractivity contribution in [3.63, 3.8) is 0 Å². The van der Waals surface area contributed by atoms with E-state index in [9.17, 15) is 0 Å². The van der Waals surface area contributed by atoms with Crippen molar-refractivity contribution in [1.29, 1.82) is 0 Å². The SMILES string of the molecule is CCOCCCOc1ccc2c(c1)OCC2NC. The minimum Gasteiger partial charge on any atom is -0.493 e. The third-order valence-corrected chi connectivity index (χ3v) is 3.02. The highest BCUT2D eigenvalue weighted by molar-refractivity contribution is 5.44. The fourth-order valence-electron chi connectivity index (χ4n) is 2.01. The minimum absolute atomic E-state index is 0.298. The second-order valence-electron chi connectivity index (χ2n) is 4.25. The van der Waals surface area contributed by atoms with E-state index in [0.717, 1.165) is 31.1 Å². The Bertz CT molecular complexity index is 381. The van der Waals surface area contributed by atoms with Crippen LogP contribution in [0, 0.1) is 0 Å². The van der Waals surface area contributed by atoms with Crippen LogP contribution in [0.1, 0.15) is 24.9 Å². The van der Waals surface area contributed by atoms with Gasteiger partial charge < -0.3 is 19.5 Å². The fourth-order valence-corrected chi connectivity index (χ4v) is 2.01. The van der Waals surface area contributed by atoms with Gasteiger partial charge in [-0.3, -0.25) is 0 Å². The van der Waals surface area contributed by atoms with Crippen LogP contribution in [-0.4, -0.2) is 33.5 Å². The van der Waals surface area contributed by atoms with E-state index in [0.29, 0.717) is 19.3 Å². The van der Waals surface area contributed by atoms with Gasteiger partial charge in [0.05, 0.1) is 12.6 Å². The summed E-state index contributed by atoms with van der Waals surface area (Å²) in [4.78, 5) is 0. The zero-order valence-corrected chi connectivity index (χ0v) is 11.1. The molecule has 0 fully saturated rings. The average Bonchev–Trinajstić information content (AvgIpc) is 2.80. The van der Waals surface area contributed by atoms with Crippen LogP contribution < -0.4 is 14.8 Å². The molecule has 1 N–H and O–H groups in total. The lowest BCUT2D eigenvalue weighted by molar-refractivity contribution is 0.131. The third-order valence-electron chi connectivity index (χ3n) is 3.02. The molecule has 0 aliphatic carbocycles. The maximum atomic E-state index is 5.67. The lowest BCUT2D eigenvalue weighted by Crippen LogP contribution is -2.17. The van der Waals surface area contributed by atoms with E-state index in [1.807, 2.05) is 26.1 Å². The predicted octanol–water partition coefficient (Wildman–Crippen LogP) is 2.14. The summed E-state index contributed by atoms with van der Waals surface area (Å²) >= 11 is 0. The van der Waals surface area contributed by atoms with Gasteiger partial charge in [-0.05, 0) is 26.1 Å². The van der Waals surface area contributed by atoms with Gasteiger partial charge in [0.1, 0.15) is 18.1 Å². The van der Waals surface area contributed by atoms with Crippen LogP contribution in [0.15, 0.2) is 18.2 Å². The third kappa shape index (κ3) is 3.15. The van der Waals surface area contributed by atoms with Gasteiger partial charge in [0.15, 0.2) is 0 Å². The van der Waals surface area contributed by atoms with Gasteiger partial charge in [-0.25, -0.2) is 0 Å². The van der Waals surface area contributed by atoms with Gasteiger partial charge in [0.25, 0.3) is 0 Å². The first-order chi connectivity index (χ1) is 8.85. The summed E-state index contributed by atoms with van der Waals surface area (Å²) in [6.07, 6.45) is 0.908. The van der Waals surface area contributed by atoms with Gasteiger partial charge in [-0.15, -0.1) is 0 Å². The predicted molar refractivity (Wildman–Crippen MR) is 70.3 cm³/mol. The monoisotopic (exact) mass is 251 g/mol. The van der Waals surface area contributed by atoms with Crippen LogP contribution in [0.4, 0.5) is 0 Å². The van der Waals surface area contributed by atoms with Crippen molar-refractivity contribution < 1.29 is 14.2 Å². The molecule has 2 rings (SSSR count). The van der Waals surface area contributed by atoms with Gasteiger partial charge in [0.2, 0.25) is 0 Å². The van der Waals surface area contributed by atoms with Crippen LogP contribution in [0.2, 0.25) is 0 Å². The molecule has 100 valence electrons. The molecule has 1 aromatic carbocycles. The summed E-state index contributed by atoms with van der Waals surface area (Å²) in [5, 5.41) is 3.22. The number of fused-ring (bicyclic) bond motifs is 1. The van der Waals surface area contributed by atoms with E-state index in [1.165, 1.54) is 5.56 Å². The smallest absolute Gasteiger partial charge is 0.127 e. The zero-order chi connectivity index (χ0) is 12.8. The summed E-state index contributed by atoms with van der Waals surface area (Å²) in [6.45, 7) is 4.88. The van der Waals surface area contributed by atoms with Gasteiger partial charge in [-0.2, -0.15) is 0 Å². The highest BCUT2D eigenvalue weighted by Crippen LogP contribution is 2.34. The molecule has 1 unspecified atom stereocenters. The molecule has 4 nitrogen and oxygen atoms in total. The van der Waals surface area contributed by atoms with Gasteiger partial charge >= 0.3 is 0 Å². The molecule has 0 saturated carbocycles. The summed E-state index contributed by atoms with van der Waals surface area (Å²) in [5.74, 6) is 1.79. The lowest BCUT2D eigenvalue weighted by Gasteiger charge is -2.09. The molecule has 1 aliphatic rings. The summed E-state index contributed by atoms with van der Waals surface area (Å²) in [5.41, 5.74) is 1.21. The average molecular weight is 251 g/mol. The number of rotatable bonds is 7. The van der Waals surface area contributed by atoms with Crippen molar-refractivity contribution >= 4 is 0 Å². The van der Waals surface area contributed by atoms with Crippen LogP contribution in [0.5, 0.6) is 11.5 Å². The molecule has 18 heavy (non-hydrogen) atoms. The molecule has 1 aromatic rings. The van der Waals surface area contributed by atoms with Crippen molar-refractivity contribution in [2.75, 3.05) is 33.5 Å². The Morgan fingerprint density at radius 3 is 3.06 bits per heavy atom. The van der Waals surface area contributed by atoms with Crippen LogP contribution in [0.25, 0.3) is 0 Å². The van der Waals surface area contributed by atoms with Gasteiger partial charge in [0, 0.05) is 31.3 Å². The molecule has 0 bridgehead atoms. The summed E-state index contributed by atoms with van der Waals surface area (Å²) in [6, 6.07) is 6.33. The van der Waals surface area contributed by atoms with Crippen molar-refractivity contribution in [2.24, 2.45) is 0 Å². The number of likely N-dealkylation sites (N-methyl/N-ethyl adjacent to an activating group) is 1. The molecular weight excluding hydrogens is 230 g/mol. The Morgan fingerprint density at radius 1 is 1.39 bits per heavy atom. The number of ether oxygens (including phenoxy) is 3.